The first-order valence-electron chi connectivity index (χ1n) is 6.08. The Morgan fingerprint density at radius 3 is 2.89 bits per heavy atom. The van der Waals surface area contributed by atoms with Gasteiger partial charge in [0, 0.05) is 6.04 Å². The van der Waals surface area contributed by atoms with Crippen molar-refractivity contribution in [2.45, 2.75) is 39.2 Å². The molecule has 1 aromatic rings. The van der Waals surface area contributed by atoms with Crippen LogP contribution >= 0.6 is 0 Å². The number of rotatable bonds is 5. The number of nitrogens with two attached hydrogens (primary N) is 1. The molecular weight excluding hydrogens is 234 g/mol. The van der Waals surface area contributed by atoms with E-state index in [-0.39, 0.29) is 23.5 Å². The van der Waals surface area contributed by atoms with Crippen molar-refractivity contribution in [2.24, 2.45) is 5.92 Å². The van der Waals surface area contributed by atoms with Gasteiger partial charge in [0.05, 0.1) is 4.92 Å². The van der Waals surface area contributed by atoms with E-state index in [2.05, 4.69) is 22.2 Å². The lowest BCUT2D eigenvalue weighted by Crippen LogP contribution is -2.12. The monoisotopic (exact) mass is 251 g/mol. The van der Waals surface area contributed by atoms with E-state index in [1.807, 2.05) is 0 Å². The van der Waals surface area contributed by atoms with E-state index < -0.39 is 4.92 Å². The van der Waals surface area contributed by atoms with Crippen LogP contribution in [0.15, 0.2) is 0 Å². The molecule has 1 aliphatic rings. The predicted octanol–water partition coefficient (Wildman–Crippen LogP) is 1.88. The van der Waals surface area contributed by atoms with Gasteiger partial charge in [-0.15, -0.1) is 0 Å². The van der Waals surface area contributed by atoms with Crippen LogP contribution in [-0.4, -0.2) is 20.9 Å². The van der Waals surface area contributed by atoms with Gasteiger partial charge in [0.2, 0.25) is 11.8 Å². The highest BCUT2D eigenvalue weighted by Gasteiger charge is 2.38. The van der Waals surface area contributed by atoms with Gasteiger partial charge in [-0.3, -0.25) is 10.1 Å². The number of nitrogens with zero attached hydrogens (tertiary/aromatic N) is 3. The normalized spacial score (nSPS) is 21.7. The number of nitrogen functional groups attached to an aromatic ring is 1. The zero-order valence-electron chi connectivity index (χ0n) is 10.5. The third kappa shape index (κ3) is 2.49. The van der Waals surface area contributed by atoms with E-state index in [0.717, 1.165) is 19.3 Å². The van der Waals surface area contributed by atoms with Gasteiger partial charge in [-0.1, -0.05) is 13.3 Å². The zero-order valence-corrected chi connectivity index (χ0v) is 10.5. The Bertz CT molecular complexity index is 477. The van der Waals surface area contributed by atoms with Crippen LogP contribution < -0.4 is 11.1 Å². The van der Waals surface area contributed by atoms with Gasteiger partial charge < -0.3 is 11.1 Å². The fourth-order valence-corrected chi connectivity index (χ4v) is 2.20. The van der Waals surface area contributed by atoms with Crippen molar-refractivity contribution in [3.8, 4) is 0 Å². The lowest BCUT2D eigenvalue weighted by atomic mass is 10.2. The highest BCUT2D eigenvalue weighted by Crippen LogP contribution is 2.39. The van der Waals surface area contributed by atoms with Gasteiger partial charge in [0.1, 0.15) is 5.69 Å². The van der Waals surface area contributed by atoms with E-state index in [1.165, 1.54) is 0 Å². The Kier molecular flexibility index (Phi) is 3.31. The average Bonchev–Trinajstić information content (AvgIpc) is 2.94. The first-order chi connectivity index (χ1) is 8.52. The molecule has 0 aliphatic heterocycles. The van der Waals surface area contributed by atoms with Crippen molar-refractivity contribution in [3.05, 3.63) is 15.8 Å². The van der Waals surface area contributed by atoms with E-state index >= 15 is 0 Å². The second-order valence-corrected chi connectivity index (χ2v) is 4.66. The molecule has 2 rings (SSSR count). The van der Waals surface area contributed by atoms with Crippen molar-refractivity contribution in [2.75, 3.05) is 11.1 Å². The molecule has 7 nitrogen and oxygen atoms in total. The van der Waals surface area contributed by atoms with Crippen LogP contribution in [0.2, 0.25) is 0 Å². The summed E-state index contributed by atoms with van der Waals surface area (Å²) in [5.41, 5.74) is 5.75. The molecule has 98 valence electrons. The quantitative estimate of drug-likeness (QED) is 0.611. The lowest BCUT2D eigenvalue weighted by molar-refractivity contribution is -0.385. The van der Waals surface area contributed by atoms with E-state index in [4.69, 9.17) is 5.73 Å². The Hall–Kier alpha value is -1.92. The van der Waals surface area contributed by atoms with E-state index in [0.29, 0.717) is 11.6 Å². The summed E-state index contributed by atoms with van der Waals surface area (Å²) < 4.78 is 0. The molecule has 1 aromatic heterocycles. The van der Waals surface area contributed by atoms with Gasteiger partial charge >= 0.3 is 5.69 Å². The second-order valence-electron chi connectivity index (χ2n) is 4.66. The minimum Gasteiger partial charge on any atom is -0.368 e. The SMILES string of the molecule is CCCC1CC1Nc1nc(N)nc(C)c1[N+](=O)[O-]. The van der Waals surface area contributed by atoms with Crippen LogP contribution in [0.5, 0.6) is 0 Å². The minimum absolute atomic E-state index is 0.0632. The predicted molar refractivity (Wildman–Crippen MR) is 68.3 cm³/mol. The van der Waals surface area contributed by atoms with Crippen LogP contribution in [0.1, 0.15) is 31.9 Å². The van der Waals surface area contributed by atoms with Crippen LogP contribution in [0.3, 0.4) is 0 Å². The first kappa shape index (κ1) is 12.5. The molecule has 1 aliphatic carbocycles. The fraction of sp³-hybridized carbons (Fsp3) is 0.636. The minimum atomic E-state index is -0.464. The van der Waals surface area contributed by atoms with Gasteiger partial charge in [-0.05, 0) is 25.7 Å². The molecule has 1 saturated carbocycles. The van der Waals surface area contributed by atoms with Crippen molar-refractivity contribution in [1.29, 1.82) is 0 Å². The molecule has 2 atom stereocenters. The molecule has 0 bridgehead atoms. The van der Waals surface area contributed by atoms with Gasteiger partial charge in [-0.2, -0.15) is 4.98 Å². The summed E-state index contributed by atoms with van der Waals surface area (Å²) in [4.78, 5) is 18.3. The fourth-order valence-electron chi connectivity index (χ4n) is 2.20. The van der Waals surface area contributed by atoms with E-state index in [1.54, 1.807) is 6.92 Å². The average molecular weight is 251 g/mol. The molecule has 0 aromatic carbocycles. The molecule has 1 fully saturated rings. The Balaban J connectivity index is 2.19. The first-order valence-corrected chi connectivity index (χ1v) is 6.08. The molecule has 7 heteroatoms. The number of aryl methyl sites for hydroxylation is 1. The van der Waals surface area contributed by atoms with Gasteiger partial charge in [0.15, 0.2) is 0 Å². The maximum Gasteiger partial charge on any atom is 0.332 e. The number of nitro groups is 1. The Labute approximate surface area is 105 Å². The molecule has 1 heterocycles. The maximum absolute atomic E-state index is 11.0. The van der Waals surface area contributed by atoms with Crippen LogP contribution in [0.4, 0.5) is 17.5 Å². The topological polar surface area (TPSA) is 107 Å². The standard InChI is InChI=1S/C11H17N5O2/c1-3-4-7-5-8(7)14-10-9(16(17)18)6(2)13-11(12)15-10/h7-8H,3-5H2,1-2H3,(H3,12,13,14,15). The highest BCUT2D eigenvalue weighted by molar-refractivity contribution is 5.61. The third-order valence-electron chi connectivity index (χ3n) is 3.16. The van der Waals surface area contributed by atoms with Gasteiger partial charge in [0.25, 0.3) is 0 Å². The largest absolute Gasteiger partial charge is 0.368 e. The second kappa shape index (κ2) is 4.75. The summed E-state index contributed by atoms with van der Waals surface area (Å²) in [6.07, 6.45) is 3.29. The molecule has 3 N–H and O–H groups in total. The lowest BCUT2D eigenvalue weighted by Gasteiger charge is -2.07. The number of nitrogens with one attached hydrogen (secondary N) is 1. The third-order valence-corrected chi connectivity index (χ3v) is 3.16. The number of hydrogen-bond donors (Lipinski definition) is 2. The van der Waals surface area contributed by atoms with Crippen molar-refractivity contribution < 1.29 is 4.92 Å². The molecule has 0 spiro atoms. The summed E-state index contributed by atoms with van der Waals surface area (Å²) in [5.74, 6) is 0.896. The van der Waals surface area contributed by atoms with Crippen molar-refractivity contribution >= 4 is 17.5 Å². The summed E-state index contributed by atoms with van der Waals surface area (Å²) in [5, 5.41) is 14.1. The molecule has 18 heavy (non-hydrogen) atoms. The number of aromatic nitrogens is 2. The molecular formula is C11H17N5O2. The van der Waals surface area contributed by atoms with E-state index in [9.17, 15) is 10.1 Å². The molecule has 2 unspecified atom stereocenters. The smallest absolute Gasteiger partial charge is 0.332 e. The summed E-state index contributed by atoms with van der Waals surface area (Å²) in [6.45, 7) is 3.70. The summed E-state index contributed by atoms with van der Waals surface area (Å²) >= 11 is 0. The number of hydrogen-bond acceptors (Lipinski definition) is 6. The maximum atomic E-state index is 11.0. The Morgan fingerprint density at radius 1 is 1.56 bits per heavy atom. The van der Waals surface area contributed by atoms with Gasteiger partial charge in [-0.25, -0.2) is 4.98 Å². The van der Waals surface area contributed by atoms with Crippen molar-refractivity contribution in [3.63, 3.8) is 0 Å². The summed E-state index contributed by atoms with van der Waals surface area (Å²) in [6, 6.07) is 0.275. The molecule has 0 amide bonds. The van der Waals surface area contributed by atoms with Crippen LogP contribution in [0.25, 0.3) is 0 Å². The van der Waals surface area contributed by atoms with Crippen molar-refractivity contribution in [1.82, 2.24) is 9.97 Å². The Morgan fingerprint density at radius 2 is 2.28 bits per heavy atom. The van der Waals surface area contributed by atoms with Crippen LogP contribution in [-0.2, 0) is 0 Å². The van der Waals surface area contributed by atoms with Crippen LogP contribution in [0, 0.1) is 23.0 Å². The zero-order chi connectivity index (χ0) is 13.3. The molecule has 0 saturated heterocycles. The molecule has 0 radical (unpaired) electrons. The highest BCUT2D eigenvalue weighted by atomic mass is 16.6. The number of anilines is 2. The summed E-state index contributed by atoms with van der Waals surface area (Å²) in [7, 11) is 0.